The number of nitrogens with one attached hydrogen (secondary N) is 1. The molecule has 23 heavy (non-hydrogen) atoms. The van der Waals surface area contributed by atoms with Gasteiger partial charge in [-0.2, -0.15) is 0 Å². The first-order chi connectivity index (χ1) is 10.8. The van der Waals surface area contributed by atoms with Gasteiger partial charge in [0.15, 0.2) is 9.84 Å². The lowest BCUT2D eigenvalue weighted by molar-refractivity contribution is -0.152. The summed E-state index contributed by atoms with van der Waals surface area (Å²) >= 11 is 0. The Morgan fingerprint density at radius 2 is 1.83 bits per heavy atom. The number of hydrogen-bond acceptors (Lipinski definition) is 5. The van der Waals surface area contributed by atoms with Gasteiger partial charge in [0.25, 0.3) is 0 Å². The molecule has 0 bridgehead atoms. The van der Waals surface area contributed by atoms with E-state index in [1.165, 1.54) is 12.1 Å². The summed E-state index contributed by atoms with van der Waals surface area (Å²) in [5, 5.41) is 11.6. The number of carbonyl (C=O) groups excluding carboxylic acids is 1. The van der Waals surface area contributed by atoms with Gasteiger partial charge in [-0.25, -0.2) is 8.42 Å². The Morgan fingerprint density at radius 3 is 2.30 bits per heavy atom. The molecule has 1 aliphatic rings. The molecule has 0 aliphatic heterocycles. The number of carboxylic acids is 1. The Bertz CT molecular complexity index is 682. The van der Waals surface area contributed by atoms with Crippen LogP contribution >= 0.6 is 0 Å². The van der Waals surface area contributed by atoms with Gasteiger partial charge in [-0.1, -0.05) is 0 Å². The zero-order chi connectivity index (χ0) is 17.0. The molecule has 0 aromatic heterocycles. The second-order valence-electron chi connectivity index (χ2n) is 5.51. The van der Waals surface area contributed by atoms with Gasteiger partial charge in [0, 0.05) is 6.26 Å². The third-order valence-electron chi connectivity index (χ3n) is 3.85. The highest BCUT2D eigenvalue weighted by Crippen LogP contribution is 2.34. The summed E-state index contributed by atoms with van der Waals surface area (Å²) in [4.78, 5) is 22.9. The van der Waals surface area contributed by atoms with Crippen LogP contribution in [0.4, 0.5) is 0 Å². The maximum atomic E-state index is 11.8. The van der Waals surface area contributed by atoms with Crippen LogP contribution in [-0.2, 0) is 19.4 Å². The Morgan fingerprint density at radius 1 is 1.22 bits per heavy atom. The van der Waals surface area contributed by atoms with Gasteiger partial charge in [0.1, 0.15) is 12.4 Å². The van der Waals surface area contributed by atoms with Crippen LogP contribution in [0.25, 0.3) is 0 Å². The highest BCUT2D eigenvalue weighted by molar-refractivity contribution is 7.90. The lowest BCUT2D eigenvalue weighted by Gasteiger charge is -2.31. The lowest BCUT2D eigenvalue weighted by Crippen LogP contribution is -2.44. The van der Waals surface area contributed by atoms with Gasteiger partial charge in [-0.15, -0.1) is 0 Å². The van der Waals surface area contributed by atoms with Crippen LogP contribution in [-0.4, -0.2) is 44.8 Å². The minimum Gasteiger partial charge on any atom is -0.492 e. The maximum Gasteiger partial charge on any atom is 0.307 e. The van der Waals surface area contributed by atoms with Crippen LogP contribution in [0, 0.1) is 11.8 Å². The molecule has 0 spiro atoms. The molecule has 1 saturated carbocycles. The molecule has 2 atom stereocenters. The van der Waals surface area contributed by atoms with Crippen LogP contribution < -0.4 is 10.1 Å². The van der Waals surface area contributed by atoms with Crippen LogP contribution in [0.15, 0.2) is 29.2 Å². The standard InChI is InChI=1S/C15H19NO6S/c1-23(20,21)11-4-2-10(3-5-11)22-9-8-16-14(17)12-6-7-13(12)15(18)19/h2-5,12-13H,6-9H2,1H3,(H,16,17)(H,18,19). The van der Waals surface area contributed by atoms with E-state index in [0.717, 1.165) is 6.26 Å². The Kier molecular flexibility index (Phi) is 5.25. The van der Waals surface area contributed by atoms with Crippen LogP contribution in [0.3, 0.4) is 0 Å². The van der Waals surface area contributed by atoms with Crippen molar-refractivity contribution in [2.45, 2.75) is 17.7 Å². The number of hydrogen-bond donors (Lipinski definition) is 2. The minimum atomic E-state index is -3.23. The Hall–Kier alpha value is -2.09. The molecular weight excluding hydrogens is 322 g/mol. The molecule has 2 rings (SSSR count). The van der Waals surface area contributed by atoms with Gasteiger partial charge in [0.2, 0.25) is 5.91 Å². The molecule has 1 aromatic rings. The van der Waals surface area contributed by atoms with Crippen molar-refractivity contribution >= 4 is 21.7 Å². The normalized spacial score (nSPS) is 20.4. The maximum absolute atomic E-state index is 11.8. The number of carboxylic acid groups (broad SMARTS) is 1. The predicted octanol–water partition coefficient (Wildman–Crippen LogP) is 0.696. The molecule has 126 valence electrons. The quantitative estimate of drug-likeness (QED) is 0.706. The molecule has 0 radical (unpaired) electrons. The highest BCUT2D eigenvalue weighted by atomic mass is 32.2. The second-order valence-corrected chi connectivity index (χ2v) is 7.53. The molecule has 0 heterocycles. The van der Waals surface area contributed by atoms with Crippen molar-refractivity contribution in [1.29, 1.82) is 0 Å². The van der Waals surface area contributed by atoms with Gasteiger partial charge in [-0.05, 0) is 37.1 Å². The topological polar surface area (TPSA) is 110 Å². The molecule has 1 aromatic carbocycles. The number of amides is 1. The molecule has 2 N–H and O–H groups in total. The van der Waals surface area contributed by atoms with Crippen molar-refractivity contribution in [3.63, 3.8) is 0 Å². The van der Waals surface area contributed by atoms with E-state index in [0.29, 0.717) is 18.6 Å². The fraction of sp³-hybridized carbons (Fsp3) is 0.467. The van der Waals surface area contributed by atoms with E-state index in [1.54, 1.807) is 12.1 Å². The van der Waals surface area contributed by atoms with Gasteiger partial charge >= 0.3 is 5.97 Å². The van der Waals surface area contributed by atoms with E-state index in [9.17, 15) is 18.0 Å². The molecule has 0 saturated heterocycles. The summed E-state index contributed by atoms with van der Waals surface area (Å²) in [5.41, 5.74) is 0. The summed E-state index contributed by atoms with van der Waals surface area (Å²) in [6.45, 7) is 0.476. The predicted molar refractivity (Wildman–Crippen MR) is 81.9 cm³/mol. The van der Waals surface area contributed by atoms with E-state index in [2.05, 4.69) is 5.32 Å². The zero-order valence-corrected chi connectivity index (χ0v) is 13.5. The summed E-state index contributed by atoms with van der Waals surface area (Å²) < 4.78 is 28.0. The first-order valence-electron chi connectivity index (χ1n) is 7.22. The molecule has 1 fully saturated rings. The smallest absolute Gasteiger partial charge is 0.307 e. The largest absolute Gasteiger partial charge is 0.492 e. The van der Waals surface area contributed by atoms with Crippen LogP contribution in [0.5, 0.6) is 5.75 Å². The number of ether oxygens (including phenoxy) is 1. The monoisotopic (exact) mass is 341 g/mol. The van der Waals surface area contributed by atoms with Crippen molar-refractivity contribution in [1.82, 2.24) is 5.32 Å². The van der Waals surface area contributed by atoms with Gasteiger partial charge in [-0.3, -0.25) is 9.59 Å². The van der Waals surface area contributed by atoms with E-state index in [-0.39, 0.29) is 24.0 Å². The Balaban J connectivity index is 1.73. The number of sulfone groups is 1. The first-order valence-corrected chi connectivity index (χ1v) is 9.11. The second kappa shape index (κ2) is 6.99. The summed E-state index contributed by atoms with van der Waals surface area (Å²) in [7, 11) is -3.23. The van der Waals surface area contributed by atoms with Crippen LogP contribution in [0.2, 0.25) is 0 Å². The van der Waals surface area contributed by atoms with Crippen molar-refractivity contribution in [2.75, 3.05) is 19.4 Å². The van der Waals surface area contributed by atoms with E-state index in [4.69, 9.17) is 9.84 Å². The fourth-order valence-electron chi connectivity index (χ4n) is 2.37. The first kappa shape index (κ1) is 17.3. The van der Waals surface area contributed by atoms with Crippen LogP contribution in [0.1, 0.15) is 12.8 Å². The summed E-state index contributed by atoms with van der Waals surface area (Å²) in [5.74, 6) is -1.74. The number of benzene rings is 1. The SMILES string of the molecule is CS(=O)(=O)c1ccc(OCCNC(=O)C2CCC2C(=O)O)cc1. The molecule has 8 heteroatoms. The highest BCUT2D eigenvalue weighted by Gasteiger charge is 2.41. The number of aliphatic carboxylic acids is 1. The number of carbonyl (C=O) groups is 2. The number of rotatable bonds is 7. The Labute approximate surface area is 134 Å². The van der Waals surface area contributed by atoms with Gasteiger partial charge in [0.05, 0.1) is 23.3 Å². The van der Waals surface area contributed by atoms with Crippen molar-refractivity contribution in [3.05, 3.63) is 24.3 Å². The summed E-state index contributed by atoms with van der Waals surface area (Å²) in [6, 6.07) is 6.00. The molecule has 7 nitrogen and oxygen atoms in total. The van der Waals surface area contributed by atoms with E-state index in [1.807, 2.05) is 0 Å². The zero-order valence-electron chi connectivity index (χ0n) is 12.7. The lowest BCUT2D eigenvalue weighted by atomic mass is 9.73. The molecule has 2 unspecified atom stereocenters. The molecule has 1 amide bonds. The molecular formula is C15H19NO6S. The average molecular weight is 341 g/mol. The third kappa shape index (κ3) is 4.44. The van der Waals surface area contributed by atoms with Crippen molar-refractivity contribution < 1.29 is 27.9 Å². The van der Waals surface area contributed by atoms with Gasteiger partial charge < -0.3 is 15.2 Å². The minimum absolute atomic E-state index is 0.211. The molecule has 1 aliphatic carbocycles. The van der Waals surface area contributed by atoms with Crippen molar-refractivity contribution in [2.24, 2.45) is 11.8 Å². The fourth-order valence-corrected chi connectivity index (χ4v) is 3.00. The third-order valence-corrected chi connectivity index (χ3v) is 4.98. The van der Waals surface area contributed by atoms with Crippen molar-refractivity contribution in [3.8, 4) is 5.75 Å². The summed E-state index contributed by atoms with van der Waals surface area (Å²) in [6.07, 6.45) is 2.26. The van der Waals surface area contributed by atoms with E-state index >= 15 is 0 Å². The van der Waals surface area contributed by atoms with E-state index < -0.39 is 27.6 Å². The average Bonchev–Trinajstić information content (AvgIpc) is 2.41.